The minimum absolute atomic E-state index is 0.0233. The Morgan fingerprint density at radius 2 is 1.59 bits per heavy atom. The van der Waals surface area contributed by atoms with Crippen LogP contribution in [0.1, 0.15) is 42.3 Å². The average molecular weight is 613 g/mol. The minimum atomic E-state index is -4.21. The van der Waals surface area contributed by atoms with Gasteiger partial charge in [0.1, 0.15) is 17.5 Å². The Balaban J connectivity index is 1.73. The predicted octanol–water partition coefficient (Wildman–Crippen LogP) is 4.15. The molecule has 10 heteroatoms. The van der Waals surface area contributed by atoms with E-state index in [1.165, 1.54) is 23.1 Å². The van der Waals surface area contributed by atoms with Crippen LogP contribution < -0.4 is 5.32 Å². The van der Waals surface area contributed by atoms with Gasteiger partial charge >= 0.3 is 0 Å². The minimum Gasteiger partial charge on any atom is -0.350 e. The summed E-state index contributed by atoms with van der Waals surface area (Å²) >= 11 is 3.44. The highest BCUT2D eigenvalue weighted by Crippen LogP contribution is 2.30. The lowest BCUT2D eigenvalue weighted by Gasteiger charge is -2.34. The lowest BCUT2D eigenvalue weighted by Crippen LogP contribution is -2.56. The first-order chi connectivity index (χ1) is 18.4. The first-order valence-electron chi connectivity index (χ1n) is 12.4. The zero-order chi connectivity index (χ0) is 28.4. The number of carbonyl (C=O) groups is 3. The molecule has 1 aliphatic heterocycles. The van der Waals surface area contributed by atoms with Crippen molar-refractivity contribution >= 4 is 43.7 Å². The van der Waals surface area contributed by atoms with Crippen molar-refractivity contribution in [2.24, 2.45) is 0 Å². The Kier molecular flexibility index (Phi) is 8.27. The molecule has 0 spiro atoms. The molecule has 1 N–H and O–H groups in total. The third-order valence-corrected chi connectivity index (χ3v) is 8.48. The fourth-order valence-electron chi connectivity index (χ4n) is 4.44. The molecular formula is C29H30BrN3O5S. The lowest BCUT2D eigenvalue weighted by molar-refractivity contribution is -0.141. The van der Waals surface area contributed by atoms with Gasteiger partial charge in [-0.3, -0.25) is 14.4 Å². The van der Waals surface area contributed by atoms with Gasteiger partial charge in [0.2, 0.25) is 11.8 Å². The number of nitrogens with one attached hydrogen (secondary N) is 1. The maximum Gasteiger partial charge on any atom is 0.269 e. The van der Waals surface area contributed by atoms with Crippen LogP contribution in [-0.4, -0.2) is 53.5 Å². The van der Waals surface area contributed by atoms with Gasteiger partial charge < -0.3 is 10.2 Å². The third-order valence-electron chi connectivity index (χ3n) is 6.20. The van der Waals surface area contributed by atoms with E-state index in [9.17, 15) is 22.8 Å². The summed E-state index contributed by atoms with van der Waals surface area (Å²) in [6, 6.07) is 21.5. The quantitative estimate of drug-likeness (QED) is 0.412. The summed E-state index contributed by atoms with van der Waals surface area (Å²) in [6.45, 7) is 4.84. The second-order valence-electron chi connectivity index (χ2n) is 10.4. The van der Waals surface area contributed by atoms with E-state index in [0.717, 1.165) is 15.6 Å². The molecule has 0 unspecified atom stereocenters. The van der Waals surface area contributed by atoms with Gasteiger partial charge in [0.15, 0.2) is 0 Å². The molecule has 0 radical (unpaired) electrons. The van der Waals surface area contributed by atoms with Crippen LogP contribution in [0.15, 0.2) is 88.2 Å². The Bertz CT molecular complexity index is 1500. The van der Waals surface area contributed by atoms with Gasteiger partial charge in [0, 0.05) is 23.0 Å². The number of rotatable bonds is 8. The van der Waals surface area contributed by atoms with E-state index in [1.807, 2.05) is 75.4 Å². The molecule has 0 fully saturated rings. The molecule has 39 heavy (non-hydrogen) atoms. The van der Waals surface area contributed by atoms with Crippen molar-refractivity contribution in [2.75, 3.05) is 6.54 Å². The Morgan fingerprint density at radius 3 is 2.23 bits per heavy atom. The van der Waals surface area contributed by atoms with Gasteiger partial charge in [0.05, 0.1) is 5.56 Å². The molecule has 4 rings (SSSR count). The standard InChI is InChI=1S/C29H30BrN3O5S/c1-29(2,3)31-27(35)24(17-20-10-5-4-6-11-20)32(18-21-12-9-13-22(30)16-21)26(34)19-33-28(36)23-14-7-8-15-25(23)39(33,37)38/h4-16,24H,17-19H2,1-3H3,(H,31,35)/t24-/m0/s1. The van der Waals surface area contributed by atoms with Gasteiger partial charge in [-0.25, -0.2) is 12.7 Å². The van der Waals surface area contributed by atoms with Crippen molar-refractivity contribution in [1.29, 1.82) is 0 Å². The number of amides is 3. The summed E-state index contributed by atoms with van der Waals surface area (Å²) in [6.07, 6.45) is 0.198. The number of fused-ring (bicyclic) bond motifs is 1. The summed E-state index contributed by atoms with van der Waals surface area (Å²) in [5, 5.41) is 2.96. The van der Waals surface area contributed by atoms with Crippen LogP contribution in [0.2, 0.25) is 0 Å². The number of halogens is 1. The molecule has 3 aromatic rings. The number of hydrogen-bond donors (Lipinski definition) is 1. The van der Waals surface area contributed by atoms with Crippen molar-refractivity contribution in [3.8, 4) is 0 Å². The molecule has 0 aromatic heterocycles. The predicted molar refractivity (Wildman–Crippen MR) is 151 cm³/mol. The van der Waals surface area contributed by atoms with E-state index < -0.39 is 40.0 Å². The number of sulfonamides is 1. The van der Waals surface area contributed by atoms with Crippen molar-refractivity contribution in [3.05, 3.63) is 100 Å². The molecule has 3 amide bonds. The van der Waals surface area contributed by atoms with Crippen LogP contribution in [0, 0.1) is 0 Å². The molecule has 3 aromatic carbocycles. The summed E-state index contributed by atoms with van der Waals surface area (Å²) in [5.74, 6) is -1.81. The largest absolute Gasteiger partial charge is 0.350 e. The van der Waals surface area contributed by atoms with E-state index >= 15 is 0 Å². The maximum absolute atomic E-state index is 14.0. The molecule has 0 bridgehead atoms. The average Bonchev–Trinajstić information content (AvgIpc) is 3.06. The zero-order valence-corrected chi connectivity index (χ0v) is 24.3. The van der Waals surface area contributed by atoms with Gasteiger partial charge in [-0.2, -0.15) is 0 Å². The normalized spacial score (nSPS) is 15.0. The van der Waals surface area contributed by atoms with Crippen LogP contribution in [0.25, 0.3) is 0 Å². The fourth-order valence-corrected chi connectivity index (χ4v) is 6.40. The van der Waals surface area contributed by atoms with Crippen molar-refractivity contribution in [1.82, 2.24) is 14.5 Å². The Hall–Kier alpha value is -3.50. The first kappa shape index (κ1) is 28.5. The van der Waals surface area contributed by atoms with Crippen LogP contribution in [-0.2, 0) is 32.6 Å². The monoisotopic (exact) mass is 611 g/mol. The fraction of sp³-hybridized carbons (Fsp3) is 0.276. The highest BCUT2D eigenvalue weighted by molar-refractivity contribution is 9.10. The molecular weight excluding hydrogens is 582 g/mol. The molecule has 0 saturated carbocycles. The maximum atomic E-state index is 14.0. The van der Waals surface area contributed by atoms with Crippen molar-refractivity contribution in [3.63, 3.8) is 0 Å². The summed E-state index contributed by atoms with van der Waals surface area (Å²) < 4.78 is 27.8. The van der Waals surface area contributed by atoms with E-state index in [0.29, 0.717) is 4.31 Å². The Morgan fingerprint density at radius 1 is 0.949 bits per heavy atom. The van der Waals surface area contributed by atoms with Gasteiger partial charge in [-0.1, -0.05) is 70.5 Å². The Labute approximate surface area is 237 Å². The third kappa shape index (κ3) is 6.57. The van der Waals surface area contributed by atoms with Crippen molar-refractivity contribution in [2.45, 2.75) is 50.2 Å². The highest BCUT2D eigenvalue weighted by Gasteiger charge is 2.43. The SMILES string of the molecule is CC(C)(C)NC(=O)[C@H](Cc1ccccc1)N(Cc1cccc(Br)c1)C(=O)CN1C(=O)c2ccccc2S1(=O)=O. The number of hydrogen-bond acceptors (Lipinski definition) is 5. The molecule has 1 atom stereocenters. The summed E-state index contributed by atoms with van der Waals surface area (Å²) in [7, 11) is -4.21. The van der Waals surface area contributed by atoms with Gasteiger partial charge in [0.25, 0.3) is 15.9 Å². The molecule has 204 valence electrons. The molecule has 8 nitrogen and oxygen atoms in total. The first-order valence-corrected chi connectivity index (χ1v) is 14.7. The van der Waals surface area contributed by atoms with Gasteiger partial charge in [-0.05, 0) is 56.2 Å². The number of carbonyl (C=O) groups excluding carboxylic acids is 3. The summed E-state index contributed by atoms with van der Waals surface area (Å²) in [4.78, 5) is 41.9. The molecule has 0 saturated heterocycles. The van der Waals surface area contributed by atoms with Crippen LogP contribution in [0.4, 0.5) is 0 Å². The summed E-state index contributed by atoms with van der Waals surface area (Å²) in [5.41, 5.74) is 1.01. The van der Waals surface area contributed by atoms with Gasteiger partial charge in [-0.15, -0.1) is 0 Å². The molecule has 1 aliphatic rings. The number of nitrogens with zero attached hydrogens (tertiary/aromatic N) is 2. The zero-order valence-electron chi connectivity index (χ0n) is 21.9. The lowest BCUT2D eigenvalue weighted by atomic mass is 10.0. The van der Waals surface area contributed by atoms with E-state index in [1.54, 1.807) is 6.07 Å². The van der Waals surface area contributed by atoms with E-state index in [2.05, 4.69) is 21.2 Å². The smallest absolute Gasteiger partial charge is 0.269 e. The highest BCUT2D eigenvalue weighted by atomic mass is 79.9. The second kappa shape index (κ2) is 11.3. The second-order valence-corrected chi connectivity index (χ2v) is 13.2. The molecule has 0 aliphatic carbocycles. The van der Waals surface area contributed by atoms with E-state index in [-0.39, 0.29) is 29.3 Å². The topological polar surface area (TPSA) is 104 Å². The van der Waals surface area contributed by atoms with Crippen molar-refractivity contribution < 1.29 is 22.8 Å². The number of benzene rings is 3. The van der Waals surface area contributed by atoms with Crippen LogP contribution >= 0.6 is 15.9 Å². The van der Waals surface area contributed by atoms with E-state index in [4.69, 9.17) is 0 Å². The molecule has 1 heterocycles. The van der Waals surface area contributed by atoms with Crippen LogP contribution in [0.5, 0.6) is 0 Å². The van der Waals surface area contributed by atoms with Crippen LogP contribution in [0.3, 0.4) is 0 Å².